The molecule has 3 aliphatic rings. The van der Waals surface area contributed by atoms with Crippen LogP contribution in [0.25, 0.3) is 10.9 Å². The van der Waals surface area contributed by atoms with Crippen LogP contribution >= 0.6 is 0 Å². The van der Waals surface area contributed by atoms with Gasteiger partial charge in [-0.1, -0.05) is 12.1 Å². The maximum Gasteiger partial charge on any atom is 0.280 e. The number of nitrogens with zero attached hydrogens (tertiary/aromatic N) is 3. The third kappa shape index (κ3) is 4.71. The van der Waals surface area contributed by atoms with E-state index in [1.807, 2.05) is 18.2 Å². The lowest BCUT2D eigenvalue weighted by Crippen LogP contribution is -2.52. The van der Waals surface area contributed by atoms with Gasteiger partial charge < -0.3 is 9.64 Å². The monoisotopic (exact) mass is 520 g/mol. The molecule has 2 fully saturated rings. The van der Waals surface area contributed by atoms with Crippen molar-refractivity contribution in [3.63, 3.8) is 0 Å². The smallest absolute Gasteiger partial charge is 0.280 e. The van der Waals surface area contributed by atoms with E-state index < -0.39 is 18.4 Å². The van der Waals surface area contributed by atoms with Gasteiger partial charge in [0.05, 0.1) is 5.52 Å². The first-order chi connectivity index (χ1) is 18.3. The number of fused-ring (bicyclic) bond motifs is 2. The third-order valence-electron chi connectivity index (χ3n) is 7.43. The Hall–Kier alpha value is -3.92. The van der Waals surface area contributed by atoms with Gasteiger partial charge in [0.1, 0.15) is 23.6 Å². The molecule has 1 aromatic heterocycles. The number of alkyl halides is 2. The normalized spacial score (nSPS) is 21.9. The van der Waals surface area contributed by atoms with Crippen LogP contribution in [0.2, 0.25) is 0 Å². The summed E-state index contributed by atoms with van der Waals surface area (Å²) in [6, 6.07) is 13.5. The van der Waals surface area contributed by atoms with E-state index in [0.717, 1.165) is 36.0 Å². The second-order valence-electron chi connectivity index (χ2n) is 10.0. The van der Waals surface area contributed by atoms with E-state index in [0.29, 0.717) is 36.3 Å². The van der Waals surface area contributed by atoms with E-state index in [9.17, 15) is 23.2 Å². The van der Waals surface area contributed by atoms with Crippen LogP contribution in [0.1, 0.15) is 52.9 Å². The summed E-state index contributed by atoms with van der Waals surface area (Å²) in [6.45, 7) is 2.62. The number of nitrogens with one attached hydrogen (secondary N) is 1. The molecule has 0 bridgehead atoms. The molecule has 4 heterocycles. The molecule has 6 rings (SSSR count). The molecule has 0 aliphatic carbocycles. The van der Waals surface area contributed by atoms with Crippen molar-refractivity contribution in [3.05, 3.63) is 70.9 Å². The van der Waals surface area contributed by atoms with Gasteiger partial charge >= 0.3 is 0 Å². The number of carbonyl (C=O) groups is 3. The van der Waals surface area contributed by atoms with Crippen molar-refractivity contribution in [1.29, 1.82) is 0 Å². The molecule has 3 aliphatic heterocycles. The minimum absolute atomic E-state index is 0.00730. The molecule has 2 aromatic carbocycles. The number of amides is 3. The van der Waals surface area contributed by atoms with Crippen molar-refractivity contribution in [2.45, 2.75) is 50.9 Å². The Morgan fingerprint density at radius 2 is 1.92 bits per heavy atom. The molecule has 3 aromatic rings. The molecule has 38 heavy (non-hydrogen) atoms. The van der Waals surface area contributed by atoms with Crippen molar-refractivity contribution in [2.75, 3.05) is 13.1 Å². The molecule has 0 saturated carbocycles. The lowest BCUT2D eigenvalue weighted by atomic mass is 10.0. The molecule has 2 atom stereocenters. The Morgan fingerprint density at radius 1 is 1.05 bits per heavy atom. The first kappa shape index (κ1) is 24.4. The number of rotatable bonds is 6. The van der Waals surface area contributed by atoms with E-state index in [4.69, 9.17) is 4.74 Å². The van der Waals surface area contributed by atoms with E-state index in [2.05, 4.69) is 15.2 Å². The number of hydrogen-bond donors (Lipinski definition) is 1. The predicted octanol–water partition coefficient (Wildman–Crippen LogP) is 3.59. The highest BCUT2D eigenvalue weighted by atomic mass is 19.3. The first-order valence-electron chi connectivity index (χ1n) is 12.7. The fraction of sp³-hybridized carbons (Fsp3) is 0.357. The Balaban J connectivity index is 1.07. The van der Waals surface area contributed by atoms with Crippen molar-refractivity contribution in [1.82, 2.24) is 20.1 Å². The van der Waals surface area contributed by atoms with Gasteiger partial charge in [-0.2, -0.15) is 0 Å². The average Bonchev–Trinajstić information content (AvgIpc) is 3.47. The largest absolute Gasteiger partial charge is 0.489 e. The molecule has 3 amide bonds. The van der Waals surface area contributed by atoms with E-state index in [-0.39, 0.29) is 30.0 Å². The van der Waals surface area contributed by atoms with Crippen LogP contribution in [-0.2, 0) is 22.7 Å². The summed E-state index contributed by atoms with van der Waals surface area (Å²) < 4.78 is 32.1. The lowest BCUT2D eigenvalue weighted by molar-refractivity contribution is -0.136. The minimum atomic E-state index is -2.59. The molecule has 8 nitrogen and oxygen atoms in total. The highest BCUT2D eigenvalue weighted by Gasteiger charge is 2.39. The maximum absolute atomic E-state index is 12.9. The van der Waals surface area contributed by atoms with E-state index in [1.54, 1.807) is 24.3 Å². The molecular formula is C28H26F2N4O4. The van der Waals surface area contributed by atoms with Crippen LogP contribution < -0.4 is 10.1 Å². The molecule has 0 spiro atoms. The second-order valence-corrected chi connectivity index (χ2v) is 10.0. The number of carbonyl (C=O) groups excluding carboxylic acids is 3. The number of halogens is 2. The number of benzene rings is 2. The maximum atomic E-state index is 12.9. The summed E-state index contributed by atoms with van der Waals surface area (Å²) >= 11 is 0. The van der Waals surface area contributed by atoms with Crippen LogP contribution in [-0.4, -0.2) is 57.7 Å². The van der Waals surface area contributed by atoms with Gasteiger partial charge in [0, 0.05) is 43.5 Å². The quantitative estimate of drug-likeness (QED) is 0.500. The van der Waals surface area contributed by atoms with E-state index in [1.165, 1.54) is 11.0 Å². The summed E-state index contributed by atoms with van der Waals surface area (Å²) in [5, 5.41) is 3.15. The Morgan fingerprint density at radius 3 is 2.74 bits per heavy atom. The van der Waals surface area contributed by atoms with Crippen molar-refractivity contribution < 1.29 is 27.9 Å². The summed E-state index contributed by atoms with van der Waals surface area (Å²) in [4.78, 5) is 44.5. The predicted molar refractivity (Wildman–Crippen MR) is 133 cm³/mol. The van der Waals surface area contributed by atoms with E-state index >= 15 is 0 Å². The fourth-order valence-corrected chi connectivity index (χ4v) is 5.52. The van der Waals surface area contributed by atoms with Crippen LogP contribution in [0.3, 0.4) is 0 Å². The highest BCUT2D eigenvalue weighted by molar-refractivity contribution is 6.05. The Labute approximate surface area is 217 Å². The Bertz CT molecular complexity index is 1450. The zero-order valence-electron chi connectivity index (χ0n) is 20.5. The number of hydrogen-bond acceptors (Lipinski definition) is 6. The van der Waals surface area contributed by atoms with Crippen LogP contribution in [0, 0.1) is 0 Å². The molecule has 1 unspecified atom stereocenters. The van der Waals surface area contributed by atoms with Gasteiger partial charge in [-0.15, -0.1) is 0 Å². The lowest BCUT2D eigenvalue weighted by Gasteiger charge is -2.29. The number of piperidine rings is 1. The molecule has 2 saturated heterocycles. The summed E-state index contributed by atoms with van der Waals surface area (Å²) in [5.74, 6) is -0.257. The zero-order valence-corrected chi connectivity index (χ0v) is 20.5. The van der Waals surface area contributed by atoms with Gasteiger partial charge in [-0.05, 0) is 60.4 Å². The summed E-state index contributed by atoms with van der Waals surface area (Å²) in [5.41, 5.74) is 2.78. The topological polar surface area (TPSA) is 91.8 Å². The molecule has 0 radical (unpaired) electrons. The van der Waals surface area contributed by atoms with Crippen molar-refractivity contribution in [2.24, 2.45) is 0 Å². The van der Waals surface area contributed by atoms with Gasteiger partial charge in [-0.25, -0.2) is 13.8 Å². The van der Waals surface area contributed by atoms with Gasteiger partial charge in [0.2, 0.25) is 11.8 Å². The average molecular weight is 521 g/mol. The number of ether oxygens (including phenoxy) is 1. The molecule has 196 valence electrons. The first-order valence-corrected chi connectivity index (χ1v) is 12.7. The van der Waals surface area contributed by atoms with Gasteiger partial charge in [-0.3, -0.25) is 24.6 Å². The van der Waals surface area contributed by atoms with Crippen molar-refractivity contribution in [3.8, 4) is 5.75 Å². The molecule has 1 N–H and O–H groups in total. The summed E-state index contributed by atoms with van der Waals surface area (Å²) in [6.07, 6.45) is -1.19. The number of imide groups is 1. The minimum Gasteiger partial charge on any atom is -0.489 e. The fourth-order valence-electron chi connectivity index (χ4n) is 5.52. The third-order valence-corrected chi connectivity index (χ3v) is 7.43. The highest BCUT2D eigenvalue weighted by Crippen LogP contribution is 2.31. The van der Waals surface area contributed by atoms with Crippen molar-refractivity contribution >= 4 is 28.6 Å². The SMILES string of the molecule is O=C1CCC(N2Cc3cc(O[C@H]4CCN(Cc5ccc6nc(C(F)F)ccc6c5)C4)ccc3C2=O)C(=O)N1. The Kier molecular flexibility index (Phi) is 6.27. The summed E-state index contributed by atoms with van der Waals surface area (Å²) in [7, 11) is 0. The van der Waals surface area contributed by atoms with Gasteiger partial charge in [0.15, 0.2) is 0 Å². The second kappa shape index (κ2) is 9.75. The van der Waals surface area contributed by atoms with Crippen LogP contribution in [0.15, 0.2) is 48.5 Å². The molecule has 10 heteroatoms. The zero-order chi connectivity index (χ0) is 26.4. The number of aromatic nitrogens is 1. The standard InChI is InChI=1S/C28H26F2N4O4/c29-26(30)23-6-2-17-11-16(1-5-22(17)31-23)13-33-10-9-20(15-33)38-19-3-4-21-18(12-19)14-34(28(21)37)24-7-8-25(35)32-27(24)36/h1-6,11-12,20,24,26H,7-10,13-15H2,(H,32,35,36)/t20-,24?/m0/s1. The number of pyridine rings is 1. The van der Waals surface area contributed by atoms with Gasteiger partial charge in [0.25, 0.3) is 12.3 Å². The number of likely N-dealkylation sites (tertiary alicyclic amines) is 1. The van der Waals surface area contributed by atoms with Crippen LogP contribution in [0.5, 0.6) is 5.75 Å². The molecular weight excluding hydrogens is 494 g/mol. The van der Waals surface area contributed by atoms with Crippen LogP contribution in [0.4, 0.5) is 8.78 Å².